The van der Waals surface area contributed by atoms with Crippen molar-refractivity contribution in [3.05, 3.63) is 11.6 Å². The first-order chi connectivity index (χ1) is 26.0. The van der Waals surface area contributed by atoms with Crippen molar-refractivity contribution >= 4 is 5.97 Å². The van der Waals surface area contributed by atoms with Crippen LogP contribution in [0.15, 0.2) is 11.6 Å². The number of esters is 1. The molecule has 14 nitrogen and oxygen atoms in total. The molecule has 0 aromatic carbocycles. The van der Waals surface area contributed by atoms with Crippen LogP contribution in [0.25, 0.3) is 0 Å². The van der Waals surface area contributed by atoms with Crippen molar-refractivity contribution in [1.29, 1.82) is 0 Å². The van der Waals surface area contributed by atoms with E-state index in [1.807, 2.05) is 13.8 Å². The Morgan fingerprint density at radius 2 is 1.29 bits per heavy atom. The maximum absolute atomic E-state index is 12.6. The van der Waals surface area contributed by atoms with E-state index < -0.39 is 90.9 Å². The van der Waals surface area contributed by atoms with Gasteiger partial charge < -0.3 is 63.8 Å². The highest BCUT2D eigenvalue weighted by molar-refractivity contribution is 5.85. The summed E-state index contributed by atoms with van der Waals surface area (Å²) >= 11 is 0. The van der Waals surface area contributed by atoms with Crippen LogP contribution in [0.3, 0.4) is 0 Å². The van der Waals surface area contributed by atoms with Gasteiger partial charge in [0.25, 0.3) is 0 Å². The van der Waals surface area contributed by atoms with Gasteiger partial charge in [0.1, 0.15) is 24.9 Å². The van der Waals surface area contributed by atoms with Gasteiger partial charge in [0.15, 0.2) is 18.9 Å². The fourth-order valence-corrected chi connectivity index (χ4v) is 12.8. The van der Waals surface area contributed by atoms with Gasteiger partial charge in [-0.25, -0.2) is 4.79 Å². The molecule has 0 bridgehead atoms. The first kappa shape index (κ1) is 40.5. The SMILES string of the molecule is C[C@H]1O[C@H](O[C@H]2[C@@H](O)C[C@@H](O[C@@H]3[C@@H](O)C[C@H](O[C@@H]4CC[C@]5(C)[C@H](CC[C@@H]6[C@@H]5C[C@H](O)[C@]5(C)[C@H](C7=CC(=O)OC7)CC[C@@]65O)C4)O[C@@H]3C)O[C@@H]2C)C[C@H](O)[C@@H]1O. The molecule has 3 saturated heterocycles. The molecule has 0 unspecified atom stereocenters. The molecular formula is C41H64O14. The second-order valence-electron chi connectivity index (χ2n) is 18.8. The average Bonchev–Trinajstić information content (AvgIpc) is 3.67. The van der Waals surface area contributed by atoms with E-state index in [1.54, 1.807) is 19.9 Å². The third-order valence-electron chi connectivity index (χ3n) is 16.0. The number of aliphatic hydroxyl groups excluding tert-OH is 5. The van der Waals surface area contributed by atoms with Crippen LogP contribution in [0, 0.1) is 34.5 Å². The summed E-state index contributed by atoms with van der Waals surface area (Å²) in [4.78, 5) is 11.9. The molecule has 7 fully saturated rings. The highest BCUT2D eigenvalue weighted by Gasteiger charge is 2.71. The average molecular weight is 781 g/mol. The van der Waals surface area contributed by atoms with Crippen molar-refractivity contribution in [3.8, 4) is 0 Å². The molecule has 8 rings (SSSR count). The largest absolute Gasteiger partial charge is 0.458 e. The summed E-state index contributed by atoms with van der Waals surface area (Å²) in [6, 6.07) is 0. The maximum Gasteiger partial charge on any atom is 0.331 e. The molecular weight excluding hydrogens is 716 g/mol. The molecule has 4 aliphatic carbocycles. The van der Waals surface area contributed by atoms with Gasteiger partial charge in [-0.3, -0.25) is 0 Å². The van der Waals surface area contributed by atoms with E-state index in [0.717, 1.165) is 44.1 Å². The molecule has 4 aliphatic heterocycles. The topological polar surface area (TPSA) is 203 Å². The Labute approximate surface area is 323 Å². The van der Waals surface area contributed by atoms with Crippen molar-refractivity contribution in [2.75, 3.05) is 6.61 Å². The summed E-state index contributed by atoms with van der Waals surface area (Å²) in [5.41, 5.74) is -0.892. The van der Waals surface area contributed by atoms with E-state index in [4.69, 9.17) is 33.2 Å². The van der Waals surface area contributed by atoms with Crippen LogP contribution in [0.5, 0.6) is 0 Å². The lowest BCUT2D eigenvalue weighted by molar-refractivity contribution is -0.336. The van der Waals surface area contributed by atoms with E-state index in [0.29, 0.717) is 18.8 Å². The standard InChI is InChI=1S/C41H64O14/c1-19-36(47)28(42)15-34(50-19)54-38-21(3)52-35(17-30(38)44)55-37-20(2)51-33(16-29(37)43)53-24-8-10-39(4)23(13-24)6-7-26-27(39)14-31(45)40(5)25(9-11-41(26,40)48)22-12-32(46)49-18-22/h12,19-21,23-31,33-38,42-45,47-48H,6-11,13-18H2,1-5H3/t19-,20-,21-,23-,24-,25+,26-,27+,28+,29+,30+,31+,33+,34-,35-,36-,37+,38-,39-,40+,41-/m1/s1. The molecule has 21 atom stereocenters. The molecule has 14 heteroatoms. The summed E-state index contributed by atoms with van der Waals surface area (Å²) in [6.07, 6.45) is -1.51. The predicted molar refractivity (Wildman–Crippen MR) is 193 cm³/mol. The van der Waals surface area contributed by atoms with E-state index >= 15 is 0 Å². The fourth-order valence-electron chi connectivity index (χ4n) is 12.8. The lowest BCUT2D eigenvalue weighted by Crippen LogP contribution is -2.67. The third-order valence-corrected chi connectivity index (χ3v) is 16.0. The Morgan fingerprint density at radius 1 is 0.691 bits per heavy atom. The Morgan fingerprint density at radius 3 is 1.87 bits per heavy atom. The number of aliphatic hydroxyl groups is 6. The number of rotatable bonds is 7. The number of ether oxygens (including phenoxy) is 7. The van der Waals surface area contributed by atoms with Gasteiger partial charge in [-0.2, -0.15) is 0 Å². The van der Waals surface area contributed by atoms with Gasteiger partial charge in [0, 0.05) is 30.8 Å². The Hall–Kier alpha value is -1.27. The lowest BCUT2D eigenvalue weighted by Gasteiger charge is -2.65. The number of carbonyl (C=O) groups is 1. The summed E-state index contributed by atoms with van der Waals surface area (Å²) < 4.78 is 42.1. The first-order valence-electron chi connectivity index (χ1n) is 20.9. The second-order valence-corrected chi connectivity index (χ2v) is 18.8. The van der Waals surface area contributed by atoms with Crippen molar-refractivity contribution in [2.24, 2.45) is 34.5 Å². The molecule has 6 N–H and O–H groups in total. The third kappa shape index (κ3) is 6.95. The molecule has 0 spiro atoms. The number of hydrogen-bond acceptors (Lipinski definition) is 14. The minimum Gasteiger partial charge on any atom is -0.458 e. The summed E-state index contributed by atoms with van der Waals surface area (Å²) in [5.74, 6) is 0.204. The van der Waals surface area contributed by atoms with Crippen LogP contribution in [-0.4, -0.2) is 135 Å². The summed E-state index contributed by atoms with van der Waals surface area (Å²) in [5, 5.41) is 66.9. The smallest absolute Gasteiger partial charge is 0.331 e. The minimum atomic E-state index is -1.01. The number of carbonyl (C=O) groups excluding carboxylic acids is 1. The molecule has 0 amide bonds. The van der Waals surface area contributed by atoms with Crippen LogP contribution in [0.1, 0.15) is 105 Å². The molecule has 0 radical (unpaired) electrons. The zero-order valence-electron chi connectivity index (χ0n) is 32.9. The molecule has 0 aromatic heterocycles. The minimum absolute atomic E-state index is 0.0452. The first-order valence-corrected chi connectivity index (χ1v) is 20.9. The van der Waals surface area contributed by atoms with E-state index in [9.17, 15) is 35.4 Å². The van der Waals surface area contributed by atoms with Crippen LogP contribution in [0.4, 0.5) is 0 Å². The van der Waals surface area contributed by atoms with Gasteiger partial charge >= 0.3 is 5.97 Å². The van der Waals surface area contributed by atoms with E-state index in [1.165, 1.54) is 0 Å². The number of fused-ring (bicyclic) bond motifs is 5. The van der Waals surface area contributed by atoms with Gasteiger partial charge in [-0.1, -0.05) is 13.8 Å². The molecule has 8 aliphatic rings. The van der Waals surface area contributed by atoms with Gasteiger partial charge in [-0.05, 0) is 107 Å². The van der Waals surface area contributed by atoms with Crippen LogP contribution < -0.4 is 0 Å². The highest BCUT2D eigenvalue weighted by Crippen LogP contribution is 2.70. The summed E-state index contributed by atoms with van der Waals surface area (Å²) in [6.45, 7) is 9.90. The van der Waals surface area contributed by atoms with Crippen LogP contribution in [0.2, 0.25) is 0 Å². The maximum atomic E-state index is 12.6. The highest BCUT2D eigenvalue weighted by atomic mass is 16.7. The molecule has 55 heavy (non-hydrogen) atoms. The lowest BCUT2D eigenvalue weighted by atomic mass is 9.42. The summed E-state index contributed by atoms with van der Waals surface area (Å²) in [7, 11) is 0. The zero-order chi connectivity index (χ0) is 39.2. The van der Waals surface area contributed by atoms with Gasteiger partial charge in [-0.15, -0.1) is 0 Å². The van der Waals surface area contributed by atoms with Crippen LogP contribution >= 0.6 is 0 Å². The van der Waals surface area contributed by atoms with E-state index in [2.05, 4.69) is 6.92 Å². The predicted octanol–water partition coefficient (Wildman–Crippen LogP) is 2.22. The van der Waals surface area contributed by atoms with Gasteiger partial charge in [0.2, 0.25) is 0 Å². The molecule has 312 valence electrons. The molecule has 4 heterocycles. The normalized spacial score (nSPS) is 55.5. The van der Waals surface area contributed by atoms with Crippen molar-refractivity contribution in [3.63, 3.8) is 0 Å². The van der Waals surface area contributed by atoms with Crippen LogP contribution in [-0.2, 0) is 38.0 Å². The second kappa shape index (κ2) is 15.1. The zero-order valence-corrected chi connectivity index (χ0v) is 32.9. The quantitative estimate of drug-likeness (QED) is 0.162. The van der Waals surface area contributed by atoms with Crippen molar-refractivity contribution in [2.45, 2.75) is 197 Å². The van der Waals surface area contributed by atoms with Gasteiger partial charge in [0.05, 0.1) is 54.4 Å². The monoisotopic (exact) mass is 780 g/mol. The number of hydrogen-bond donors (Lipinski definition) is 6. The van der Waals surface area contributed by atoms with Crippen molar-refractivity contribution in [1.82, 2.24) is 0 Å². The number of cyclic esters (lactones) is 1. The molecule has 0 aromatic rings. The molecule has 4 saturated carbocycles. The Kier molecular flexibility index (Phi) is 11.1. The van der Waals surface area contributed by atoms with Crippen molar-refractivity contribution < 1.29 is 68.6 Å². The fraction of sp³-hybridized carbons (Fsp3) is 0.927. The van der Waals surface area contributed by atoms with E-state index in [-0.39, 0.29) is 61.1 Å². The Bertz CT molecular complexity index is 1410. The Balaban J connectivity index is 0.837.